The summed E-state index contributed by atoms with van der Waals surface area (Å²) in [5, 5.41) is 0. The summed E-state index contributed by atoms with van der Waals surface area (Å²) in [6, 6.07) is 8.48. The molecule has 4 nitrogen and oxygen atoms in total. The van der Waals surface area contributed by atoms with E-state index in [0.29, 0.717) is 5.88 Å². The number of ether oxygens (including phenoxy) is 1. The van der Waals surface area contributed by atoms with Crippen molar-refractivity contribution in [2.75, 3.05) is 0 Å². The molecule has 0 aliphatic heterocycles. The Morgan fingerprint density at radius 3 is 3.00 bits per heavy atom. The average molecular weight is 279 g/mol. The molecule has 21 heavy (non-hydrogen) atoms. The van der Waals surface area contributed by atoms with Crippen molar-refractivity contribution in [1.29, 1.82) is 0 Å². The minimum atomic E-state index is 0.0808. The first-order valence-corrected chi connectivity index (χ1v) is 7.29. The minimum absolute atomic E-state index is 0.0808. The standard InChI is InChI=1S/C17H17N3O/c1-11-12(2)20-10-9-18-17(16(20)19-11)21-15-8-7-13-5-3-4-6-14(13)15/h3-6,9-10,15H,7-8H2,1-2H3. The number of aryl methyl sites for hydroxylation is 3. The van der Waals surface area contributed by atoms with Crippen molar-refractivity contribution < 1.29 is 4.74 Å². The van der Waals surface area contributed by atoms with Crippen molar-refractivity contribution in [2.24, 2.45) is 0 Å². The Kier molecular flexibility index (Phi) is 2.70. The Morgan fingerprint density at radius 2 is 2.10 bits per heavy atom. The number of nitrogens with zero attached hydrogens (tertiary/aromatic N) is 3. The first-order valence-electron chi connectivity index (χ1n) is 7.29. The SMILES string of the molecule is Cc1nc2c(OC3CCc4ccccc43)nccn2c1C. The Hall–Kier alpha value is -2.36. The molecule has 1 aliphatic carbocycles. The smallest absolute Gasteiger partial charge is 0.258 e. The molecule has 3 aromatic rings. The summed E-state index contributed by atoms with van der Waals surface area (Å²) in [6.07, 6.45) is 5.85. The first-order chi connectivity index (χ1) is 10.2. The predicted molar refractivity (Wildman–Crippen MR) is 80.6 cm³/mol. The lowest BCUT2D eigenvalue weighted by atomic mass is 10.1. The van der Waals surface area contributed by atoms with Gasteiger partial charge in [-0.25, -0.2) is 9.97 Å². The normalized spacial score (nSPS) is 17.1. The van der Waals surface area contributed by atoms with E-state index in [4.69, 9.17) is 4.74 Å². The van der Waals surface area contributed by atoms with Gasteiger partial charge in [-0.1, -0.05) is 24.3 Å². The van der Waals surface area contributed by atoms with Gasteiger partial charge in [0, 0.05) is 18.1 Å². The second-order valence-electron chi connectivity index (χ2n) is 5.55. The number of aromatic nitrogens is 3. The highest BCUT2D eigenvalue weighted by atomic mass is 16.5. The molecule has 1 aromatic carbocycles. The molecule has 4 rings (SSSR count). The van der Waals surface area contributed by atoms with Crippen LogP contribution in [-0.2, 0) is 6.42 Å². The van der Waals surface area contributed by atoms with Crippen molar-refractivity contribution in [1.82, 2.24) is 14.4 Å². The molecule has 2 aromatic heterocycles. The molecule has 106 valence electrons. The van der Waals surface area contributed by atoms with E-state index in [2.05, 4.69) is 41.2 Å². The fraction of sp³-hybridized carbons (Fsp3) is 0.294. The van der Waals surface area contributed by atoms with Gasteiger partial charge in [-0.3, -0.25) is 4.40 Å². The van der Waals surface area contributed by atoms with Crippen LogP contribution in [0.2, 0.25) is 0 Å². The molecule has 0 saturated carbocycles. The molecular weight excluding hydrogens is 262 g/mol. The van der Waals surface area contributed by atoms with Crippen LogP contribution in [-0.4, -0.2) is 14.4 Å². The Morgan fingerprint density at radius 1 is 1.24 bits per heavy atom. The number of hydrogen-bond donors (Lipinski definition) is 0. The van der Waals surface area contributed by atoms with Crippen LogP contribution in [0.1, 0.15) is 35.0 Å². The van der Waals surface area contributed by atoms with Gasteiger partial charge in [0.25, 0.3) is 5.88 Å². The third-order valence-electron chi connectivity index (χ3n) is 4.32. The quantitative estimate of drug-likeness (QED) is 0.721. The first kappa shape index (κ1) is 12.4. The maximum Gasteiger partial charge on any atom is 0.258 e. The van der Waals surface area contributed by atoms with E-state index in [0.717, 1.165) is 29.9 Å². The Labute approximate surface area is 123 Å². The van der Waals surface area contributed by atoms with Crippen molar-refractivity contribution in [3.05, 3.63) is 59.2 Å². The van der Waals surface area contributed by atoms with Crippen LogP contribution < -0.4 is 4.74 Å². The molecule has 1 unspecified atom stereocenters. The average Bonchev–Trinajstić information content (AvgIpc) is 3.03. The van der Waals surface area contributed by atoms with E-state index in [-0.39, 0.29) is 6.10 Å². The van der Waals surface area contributed by atoms with Gasteiger partial charge in [0.05, 0.1) is 5.69 Å². The Balaban J connectivity index is 1.74. The maximum atomic E-state index is 6.19. The van der Waals surface area contributed by atoms with Crippen molar-refractivity contribution in [3.63, 3.8) is 0 Å². The zero-order chi connectivity index (χ0) is 14.4. The van der Waals surface area contributed by atoms with Crippen LogP contribution in [0, 0.1) is 13.8 Å². The van der Waals surface area contributed by atoms with Crippen LogP contribution in [0.3, 0.4) is 0 Å². The highest BCUT2D eigenvalue weighted by Crippen LogP contribution is 2.35. The third-order valence-corrected chi connectivity index (χ3v) is 4.32. The van der Waals surface area contributed by atoms with Crippen molar-refractivity contribution in [3.8, 4) is 5.88 Å². The molecule has 2 heterocycles. The number of fused-ring (bicyclic) bond motifs is 2. The summed E-state index contributed by atoms with van der Waals surface area (Å²) in [6.45, 7) is 4.07. The molecule has 1 aliphatic rings. The van der Waals surface area contributed by atoms with E-state index in [1.165, 1.54) is 11.1 Å². The number of benzene rings is 1. The van der Waals surface area contributed by atoms with Crippen molar-refractivity contribution in [2.45, 2.75) is 32.8 Å². The van der Waals surface area contributed by atoms with E-state index in [1.807, 2.05) is 17.5 Å². The predicted octanol–water partition coefficient (Wildman–Crippen LogP) is 3.41. The van der Waals surface area contributed by atoms with Crippen LogP contribution in [0.4, 0.5) is 0 Å². The second kappa shape index (κ2) is 4.58. The molecule has 0 N–H and O–H groups in total. The van der Waals surface area contributed by atoms with Crippen LogP contribution in [0.5, 0.6) is 5.88 Å². The molecule has 0 bridgehead atoms. The molecular formula is C17H17N3O. The summed E-state index contributed by atoms with van der Waals surface area (Å²) in [5.74, 6) is 0.621. The van der Waals surface area contributed by atoms with Crippen LogP contribution in [0.25, 0.3) is 5.65 Å². The lowest BCUT2D eigenvalue weighted by Gasteiger charge is -2.14. The topological polar surface area (TPSA) is 39.4 Å². The summed E-state index contributed by atoms with van der Waals surface area (Å²) in [7, 11) is 0. The van der Waals surface area contributed by atoms with Gasteiger partial charge < -0.3 is 4.74 Å². The third kappa shape index (κ3) is 1.90. The molecule has 0 radical (unpaired) electrons. The lowest BCUT2D eigenvalue weighted by molar-refractivity contribution is 0.200. The Bertz CT molecular complexity index is 822. The fourth-order valence-corrected chi connectivity index (χ4v) is 3.04. The van der Waals surface area contributed by atoms with E-state index < -0.39 is 0 Å². The fourth-order valence-electron chi connectivity index (χ4n) is 3.04. The largest absolute Gasteiger partial charge is 0.467 e. The van der Waals surface area contributed by atoms with Gasteiger partial charge in [-0.15, -0.1) is 0 Å². The number of rotatable bonds is 2. The summed E-state index contributed by atoms with van der Waals surface area (Å²) >= 11 is 0. The van der Waals surface area contributed by atoms with Crippen LogP contribution >= 0.6 is 0 Å². The molecule has 0 amide bonds. The molecule has 0 spiro atoms. The number of imidazole rings is 1. The molecule has 1 atom stereocenters. The maximum absolute atomic E-state index is 6.19. The van der Waals surface area contributed by atoms with Gasteiger partial charge in [0.1, 0.15) is 6.10 Å². The number of hydrogen-bond acceptors (Lipinski definition) is 3. The van der Waals surface area contributed by atoms with Crippen molar-refractivity contribution >= 4 is 5.65 Å². The highest BCUT2D eigenvalue weighted by Gasteiger charge is 2.25. The van der Waals surface area contributed by atoms with Gasteiger partial charge in [-0.2, -0.15) is 0 Å². The highest BCUT2D eigenvalue weighted by molar-refractivity contribution is 5.52. The van der Waals surface area contributed by atoms with E-state index in [9.17, 15) is 0 Å². The molecule has 0 saturated heterocycles. The van der Waals surface area contributed by atoms with Gasteiger partial charge >= 0.3 is 0 Å². The molecule has 0 fully saturated rings. The summed E-state index contributed by atoms with van der Waals surface area (Å²) in [5.41, 5.74) is 5.60. The van der Waals surface area contributed by atoms with E-state index >= 15 is 0 Å². The minimum Gasteiger partial charge on any atom is -0.467 e. The zero-order valence-corrected chi connectivity index (χ0v) is 12.2. The van der Waals surface area contributed by atoms with Gasteiger partial charge in [-0.05, 0) is 37.8 Å². The van der Waals surface area contributed by atoms with Gasteiger partial charge in [0.2, 0.25) is 5.65 Å². The molecule has 4 heteroatoms. The van der Waals surface area contributed by atoms with Crippen LogP contribution in [0.15, 0.2) is 36.7 Å². The zero-order valence-electron chi connectivity index (χ0n) is 12.2. The summed E-state index contributed by atoms with van der Waals surface area (Å²) < 4.78 is 8.23. The van der Waals surface area contributed by atoms with Gasteiger partial charge in [0.15, 0.2) is 0 Å². The lowest BCUT2D eigenvalue weighted by Crippen LogP contribution is -2.06. The second-order valence-corrected chi connectivity index (χ2v) is 5.55. The summed E-state index contributed by atoms with van der Waals surface area (Å²) in [4.78, 5) is 8.98. The monoisotopic (exact) mass is 279 g/mol. The van der Waals surface area contributed by atoms with E-state index in [1.54, 1.807) is 6.20 Å².